The lowest BCUT2D eigenvalue weighted by atomic mass is 10.0. The molecule has 0 N–H and O–H groups in total. The second kappa shape index (κ2) is 10.6. The molecule has 3 aromatic carbocycles. The molecule has 1 aliphatic rings. The van der Waals surface area contributed by atoms with E-state index in [4.69, 9.17) is 14.2 Å². The summed E-state index contributed by atoms with van der Waals surface area (Å²) in [7, 11) is 0. The van der Waals surface area contributed by atoms with E-state index < -0.39 is 5.97 Å². The summed E-state index contributed by atoms with van der Waals surface area (Å²) >= 11 is 0. The van der Waals surface area contributed by atoms with Gasteiger partial charge in [0.1, 0.15) is 31.3 Å². The number of hydrogen-bond acceptors (Lipinski definition) is 4. The number of ether oxygens (including phenoxy) is 3. The number of carbonyl (C=O) groups is 1. The van der Waals surface area contributed by atoms with Crippen LogP contribution in [-0.4, -0.2) is 19.2 Å². The molecular formula is C28H20O4. The lowest BCUT2D eigenvalue weighted by Crippen LogP contribution is -2.05. The van der Waals surface area contributed by atoms with Crippen LogP contribution in [-0.2, 0) is 16.1 Å². The summed E-state index contributed by atoms with van der Waals surface area (Å²) < 4.78 is 16.8. The summed E-state index contributed by atoms with van der Waals surface area (Å²) in [5, 5.41) is 2.20. The van der Waals surface area contributed by atoms with Gasteiger partial charge in [0.05, 0.1) is 0 Å². The van der Waals surface area contributed by atoms with Crippen LogP contribution in [0.5, 0.6) is 11.5 Å². The first-order chi connectivity index (χ1) is 15.8. The Morgan fingerprint density at radius 1 is 0.938 bits per heavy atom. The summed E-state index contributed by atoms with van der Waals surface area (Å²) in [4.78, 5) is 12.3. The Morgan fingerprint density at radius 3 is 2.59 bits per heavy atom. The highest BCUT2D eigenvalue weighted by Gasteiger charge is 2.09. The molecule has 0 saturated heterocycles. The van der Waals surface area contributed by atoms with Crippen molar-refractivity contribution in [2.75, 3.05) is 13.2 Å². The van der Waals surface area contributed by atoms with Gasteiger partial charge in [-0.15, -0.1) is 0 Å². The zero-order valence-electron chi connectivity index (χ0n) is 17.3. The van der Waals surface area contributed by atoms with Gasteiger partial charge in [0, 0.05) is 17.7 Å². The third-order valence-corrected chi connectivity index (χ3v) is 4.70. The van der Waals surface area contributed by atoms with E-state index >= 15 is 0 Å². The van der Waals surface area contributed by atoms with Gasteiger partial charge >= 0.3 is 5.97 Å². The van der Waals surface area contributed by atoms with Gasteiger partial charge in [-0.25, -0.2) is 4.79 Å². The molecule has 0 aromatic heterocycles. The van der Waals surface area contributed by atoms with Crippen LogP contribution in [0.15, 0.2) is 78.9 Å². The van der Waals surface area contributed by atoms with E-state index in [0.29, 0.717) is 11.5 Å². The lowest BCUT2D eigenvalue weighted by Gasteiger charge is -2.12. The summed E-state index contributed by atoms with van der Waals surface area (Å²) in [5.41, 5.74) is 1.68. The minimum Gasteiger partial charge on any atom is -0.481 e. The first kappa shape index (κ1) is 20.8. The molecule has 2 bridgehead atoms. The highest BCUT2D eigenvalue weighted by Crippen LogP contribution is 2.26. The zero-order chi connectivity index (χ0) is 22.0. The predicted molar refractivity (Wildman–Crippen MR) is 125 cm³/mol. The van der Waals surface area contributed by atoms with Crippen LogP contribution >= 0.6 is 0 Å². The monoisotopic (exact) mass is 420 g/mol. The first-order valence-corrected chi connectivity index (χ1v) is 10.1. The second-order valence-electron chi connectivity index (χ2n) is 6.83. The third-order valence-electron chi connectivity index (χ3n) is 4.70. The lowest BCUT2D eigenvalue weighted by molar-refractivity contribution is -0.138. The average molecular weight is 420 g/mol. The molecule has 0 radical (unpaired) electrons. The van der Waals surface area contributed by atoms with Crippen molar-refractivity contribution in [3.8, 4) is 35.2 Å². The van der Waals surface area contributed by atoms with Gasteiger partial charge in [-0.05, 0) is 46.7 Å². The Balaban J connectivity index is 1.44. The predicted octanol–water partition coefficient (Wildman–Crippen LogP) is 4.93. The highest BCUT2D eigenvalue weighted by molar-refractivity contribution is 5.94. The maximum absolute atomic E-state index is 12.3. The van der Waals surface area contributed by atoms with Gasteiger partial charge in [0.15, 0.2) is 0 Å². The molecule has 0 saturated carbocycles. The standard InChI is InChI=1S/C28H20O4/c29-28(17-15-23-12-9-11-22-10-5-6-13-26(22)23)32-21-24-14-16-25-20-27(24)31-19-8-4-2-1-3-7-18-30-25/h1-2,5-6,9-17,20H,18-19,21H2/b2-1-,17-15+. The van der Waals surface area contributed by atoms with Crippen molar-refractivity contribution >= 4 is 22.8 Å². The van der Waals surface area contributed by atoms with Crippen LogP contribution in [0.1, 0.15) is 11.1 Å². The van der Waals surface area contributed by atoms with Crippen molar-refractivity contribution in [3.05, 3.63) is 90.0 Å². The number of benzene rings is 3. The molecule has 0 unspecified atom stereocenters. The van der Waals surface area contributed by atoms with Gasteiger partial charge in [0.2, 0.25) is 0 Å². The van der Waals surface area contributed by atoms with E-state index in [-0.39, 0.29) is 19.8 Å². The molecule has 4 rings (SSSR count). The number of allylic oxidation sites excluding steroid dienone is 2. The van der Waals surface area contributed by atoms with Crippen LogP contribution in [0.2, 0.25) is 0 Å². The summed E-state index contributed by atoms with van der Waals surface area (Å²) in [6, 6.07) is 19.4. The quantitative estimate of drug-likeness (QED) is 0.341. The molecule has 0 atom stereocenters. The zero-order valence-corrected chi connectivity index (χ0v) is 17.3. The minimum atomic E-state index is -0.435. The molecule has 1 heterocycles. The SMILES string of the molecule is O=C(/C=C/c1cccc2ccccc12)OCc1ccc2cc1OCC#C/C=C\C#CCO2. The number of esters is 1. The summed E-state index contributed by atoms with van der Waals surface area (Å²) in [5.74, 6) is 12.2. The molecule has 4 nitrogen and oxygen atoms in total. The molecule has 0 amide bonds. The van der Waals surface area contributed by atoms with Crippen LogP contribution in [0, 0.1) is 23.7 Å². The number of rotatable bonds is 4. The van der Waals surface area contributed by atoms with E-state index in [1.165, 1.54) is 6.08 Å². The van der Waals surface area contributed by atoms with Gasteiger partial charge in [0.25, 0.3) is 0 Å². The molecule has 1 aliphatic heterocycles. The Bertz CT molecular complexity index is 1300. The summed E-state index contributed by atoms with van der Waals surface area (Å²) in [6.45, 7) is 0.523. The maximum atomic E-state index is 12.3. The number of carbonyl (C=O) groups excluding carboxylic acids is 1. The molecule has 3 aromatic rings. The van der Waals surface area contributed by atoms with E-state index in [0.717, 1.165) is 21.9 Å². The Labute approximate surface area is 187 Å². The molecule has 0 aliphatic carbocycles. The first-order valence-electron chi connectivity index (χ1n) is 10.1. The van der Waals surface area contributed by atoms with Crippen molar-refractivity contribution < 1.29 is 19.0 Å². The smallest absolute Gasteiger partial charge is 0.331 e. The largest absolute Gasteiger partial charge is 0.481 e. The Morgan fingerprint density at radius 2 is 1.72 bits per heavy atom. The highest BCUT2D eigenvalue weighted by atomic mass is 16.5. The number of hydrogen-bond donors (Lipinski definition) is 0. The fourth-order valence-corrected chi connectivity index (χ4v) is 3.15. The van der Waals surface area contributed by atoms with Gasteiger partial charge < -0.3 is 14.2 Å². The maximum Gasteiger partial charge on any atom is 0.331 e. The normalized spacial score (nSPS) is 13.6. The molecule has 4 heteroatoms. The summed E-state index contributed by atoms with van der Waals surface area (Å²) in [6.07, 6.45) is 6.53. The molecule has 0 spiro atoms. The minimum absolute atomic E-state index is 0.0709. The van der Waals surface area contributed by atoms with Crippen LogP contribution in [0.4, 0.5) is 0 Å². The fraction of sp³-hybridized carbons (Fsp3) is 0.107. The topological polar surface area (TPSA) is 44.8 Å². The van der Waals surface area contributed by atoms with Crippen LogP contribution in [0.3, 0.4) is 0 Å². The van der Waals surface area contributed by atoms with E-state index in [9.17, 15) is 4.79 Å². The fourth-order valence-electron chi connectivity index (χ4n) is 3.15. The van der Waals surface area contributed by atoms with Gasteiger partial charge in [-0.2, -0.15) is 0 Å². The van der Waals surface area contributed by atoms with Gasteiger partial charge in [-0.3, -0.25) is 0 Å². The van der Waals surface area contributed by atoms with Crippen molar-refractivity contribution in [1.29, 1.82) is 0 Å². The Hall–Kier alpha value is -4.41. The van der Waals surface area contributed by atoms with Crippen molar-refractivity contribution in [3.63, 3.8) is 0 Å². The van der Waals surface area contributed by atoms with E-state index in [2.05, 4.69) is 23.7 Å². The molecule has 156 valence electrons. The molecular weight excluding hydrogens is 400 g/mol. The van der Waals surface area contributed by atoms with E-state index in [1.54, 1.807) is 30.4 Å². The van der Waals surface area contributed by atoms with E-state index in [1.807, 2.05) is 48.5 Å². The van der Waals surface area contributed by atoms with Crippen LogP contribution in [0.25, 0.3) is 16.8 Å². The average Bonchev–Trinajstić information content (AvgIpc) is 2.84. The van der Waals surface area contributed by atoms with Crippen molar-refractivity contribution in [2.24, 2.45) is 0 Å². The van der Waals surface area contributed by atoms with Gasteiger partial charge in [-0.1, -0.05) is 66.1 Å². The number of fused-ring (bicyclic) bond motifs is 3. The molecule has 32 heavy (non-hydrogen) atoms. The second-order valence-corrected chi connectivity index (χ2v) is 6.83. The third kappa shape index (κ3) is 5.59. The molecule has 0 fully saturated rings. The van der Waals surface area contributed by atoms with Crippen LogP contribution < -0.4 is 9.47 Å². The van der Waals surface area contributed by atoms with Crippen molar-refractivity contribution in [2.45, 2.75) is 6.61 Å². The van der Waals surface area contributed by atoms with Crippen molar-refractivity contribution in [1.82, 2.24) is 0 Å². The Kier molecular flexibility index (Phi) is 6.88.